The number of hydrogen-bond acceptors (Lipinski definition) is 2. The highest BCUT2D eigenvalue weighted by Gasteiger charge is 2.06. The van der Waals surface area contributed by atoms with Gasteiger partial charge in [-0.2, -0.15) is 0 Å². The van der Waals surface area contributed by atoms with Crippen LogP contribution in [0.15, 0.2) is 26.7 Å². The highest BCUT2D eigenvalue weighted by atomic mass is 79.9. The van der Waals surface area contributed by atoms with Gasteiger partial charge in [-0.3, -0.25) is 9.36 Å². The topological polar surface area (TPSA) is 34.9 Å². The van der Waals surface area contributed by atoms with Crippen LogP contribution in [0.2, 0.25) is 5.15 Å². The molecule has 0 aliphatic carbocycles. The summed E-state index contributed by atoms with van der Waals surface area (Å²) in [5.74, 6) is 0. The van der Waals surface area contributed by atoms with Gasteiger partial charge in [-0.15, -0.1) is 0 Å². The van der Waals surface area contributed by atoms with Crippen LogP contribution in [0.5, 0.6) is 0 Å². The first-order valence-corrected chi connectivity index (χ1v) is 5.33. The van der Waals surface area contributed by atoms with Crippen LogP contribution in [0.25, 0.3) is 0 Å². The van der Waals surface area contributed by atoms with E-state index in [9.17, 15) is 4.79 Å². The lowest BCUT2D eigenvalue weighted by Crippen LogP contribution is -2.21. The van der Waals surface area contributed by atoms with Crippen LogP contribution in [-0.2, 0) is 6.54 Å². The molecule has 0 spiro atoms. The zero-order chi connectivity index (χ0) is 10.7. The fourth-order valence-electron chi connectivity index (χ4n) is 0.860. The highest BCUT2D eigenvalue weighted by molar-refractivity contribution is 9.10. The first kappa shape index (κ1) is 11.8. The molecule has 3 nitrogen and oxygen atoms in total. The van der Waals surface area contributed by atoms with Crippen LogP contribution in [0.1, 0.15) is 6.92 Å². The van der Waals surface area contributed by atoms with E-state index in [4.69, 9.17) is 23.2 Å². The van der Waals surface area contributed by atoms with E-state index in [-0.39, 0.29) is 15.2 Å². The molecule has 1 heterocycles. The van der Waals surface area contributed by atoms with Crippen LogP contribution in [0, 0.1) is 0 Å². The molecule has 0 aliphatic rings. The molecule has 0 amide bonds. The molecule has 76 valence electrons. The predicted octanol–water partition coefficient (Wildman–Crippen LogP) is 2.80. The Bertz CT molecular complexity index is 428. The lowest BCUT2D eigenvalue weighted by atomic mass is 10.3. The first-order chi connectivity index (χ1) is 6.56. The number of nitrogens with zero attached hydrogens (tertiary/aromatic N) is 2. The Morgan fingerprint density at radius 2 is 2.43 bits per heavy atom. The van der Waals surface area contributed by atoms with Crippen LogP contribution < -0.4 is 5.56 Å². The van der Waals surface area contributed by atoms with Crippen molar-refractivity contribution in [2.75, 3.05) is 0 Å². The van der Waals surface area contributed by atoms with Gasteiger partial charge in [-0.1, -0.05) is 23.2 Å². The lowest BCUT2D eigenvalue weighted by molar-refractivity contribution is 0.721. The van der Waals surface area contributed by atoms with Crippen molar-refractivity contribution in [1.29, 1.82) is 0 Å². The molecule has 0 fully saturated rings. The second kappa shape index (κ2) is 4.96. The summed E-state index contributed by atoms with van der Waals surface area (Å²) in [6, 6.07) is 0. The van der Waals surface area contributed by atoms with E-state index in [2.05, 4.69) is 20.9 Å². The molecule has 1 rings (SSSR count). The van der Waals surface area contributed by atoms with E-state index in [0.717, 1.165) is 5.57 Å². The largest absolute Gasteiger partial charge is 0.294 e. The molecule has 0 aromatic carbocycles. The number of aromatic nitrogens is 2. The summed E-state index contributed by atoms with van der Waals surface area (Å²) < 4.78 is 1.69. The van der Waals surface area contributed by atoms with Gasteiger partial charge in [-0.25, -0.2) is 4.98 Å². The van der Waals surface area contributed by atoms with Gasteiger partial charge in [0.25, 0.3) is 5.56 Å². The van der Waals surface area contributed by atoms with Gasteiger partial charge in [0.05, 0.1) is 6.33 Å². The van der Waals surface area contributed by atoms with Crippen molar-refractivity contribution in [2.24, 2.45) is 0 Å². The molecule has 0 aliphatic heterocycles. The minimum absolute atomic E-state index is 0.166. The Kier molecular flexibility index (Phi) is 4.16. The third-order valence-corrected chi connectivity index (χ3v) is 3.15. The van der Waals surface area contributed by atoms with Crippen LogP contribution in [0.3, 0.4) is 0 Å². The summed E-state index contributed by atoms with van der Waals surface area (Å²) >= 11 is 14.2. The summed E-state index contributed by atoms with van der Waals surface area (Å²) in [5.41, 5.74) is 2.07. The third kappa shape index (κ3) is 2.59. The van der Waals surface area contributed by atoms with Gasteiger partial charge in [0.15, 0.2) is 5.15 Å². The van der Waals surface area contributed by atoms with Crippen molar-refractivity contribution in [2.45, 2.75) is 13.5 Å². The van der Waals surface area contributed by atoms with Gasteiger partial charge >= 0.3 is 0 Å². The summed E-state index contributed by atoms with van der Waals surface area (Å²) in [6.07, 6.45) is 1.39. The van der Waals surface area contributed by atoms with E-state index >= 15 is 0 Å². The van der Waals surface area contributed by atoms with Crippen LogP contribution in [-0.4, -0.2) is 9.55 Å². The molecular weight excluding hydrogens is 291 g/mol. The van der Waals surface area contributed by atoms with Crippen LogP contribution >= 0.6 is 39.1 Å². The molecule has 1 aromatic rings. The Hall–Kier alpha value is -0.320. The van der Waals surface area contributed by atoms with Crippen molar-refractivity contribution in [3.05, 3.63) is 37.4 Å². The first-order valence-electron chi connectivity index (χ1n) is 3.72. The molecule has 14 heavy (non-hydrogen) atoms. The Labute approximate surface area is 99.5 Å². The van der Waals surface area contributed by atoms with E-state index in [1.54, 1.807) is 0 Å². The zero-order valence-electron chi connectivity index (χ0n) is 7.30. The normalized spacial score (nSPS) is 11.9. The molecule has 0 atom stereocenters. The minimum Gasteiger partial charge on any atom is -0.294 e. The number of rotatable bonds is 2. The summed E-state index contributed by atoms with van der Waals surface area (Å²) in [7, 11) is 0. The Balaban J connectivity index is 3.13. The standard InChI is InChI=1S/C8H7BrCl2N2O/c1-5(2-10)3-13-4-12-7(11)6(9)8(13)14/h2,4H,3H2,1H3/b5-2+. The average molecular weight is 298 g/mol. The van der Waals surface area contributed by atoms with Gasteiger partial charge < -0.3 is 0 Å². The Morgan fingerprint density at radius 3 is 3.00 bits per heavy atom. The van der Waals surface area contributed by atoms with Crippen molar-refractivity contribution < 1.29 is 0 Å². The molecule has 0 saturated carbocycles. The molecule has 0 radical (unpaired) electrons. The quantitative estimate of drug-likeness (QED) is 0.787. The second-order valence-electron chi connectivity index (χ2n) is 2.74. The fraction of sp³-hybridized carbons (Fsp3) is 0.250. The summed E-state index contributed by atoms with van der Waals surface area (Å²) in [6.45, 7) is 2.23. The van der Waals surface area contributed by atoms with Crippen molar-refractivity contribution >= 4 is 39.1 Å². The summed E-state index contributed by atoms with van der Waals surface area (Å²) in [5, 5.41) is 0.166. The maximum Gasteiger partial charge on any atom is 0.269 e. The van der Waals surface area contributed by atoms with Crippen LogP contribution in [0.4, 0.5) is 0 Å². The van der Waals surface area contributed by atoms with E-state index in [1.165, 1.54) is 16.4 Å². The monoisotopic (exact) mass is 296 g/mol. The minimum atomic E-state index is -0.220. The predicted molar refractivity (Wildman–Crippen MR) is 60.8 cm³/mol. The Morgan fingerprint density at radius 1 is 1.79 bits per heavy atom. The molecule has 0 saturated heterocycles. The second-order valence-corrected chi connectivity index (χ2v) is 4.11. The molecule has 6 heteroatoms. The van der Waals surface area contributed by atoms with Gasteiger partial charge in [0.1, 0.15) is 4.47 Å². The molecular formula is C8H7BrCl2N2O. The zero-order valence-corrected chi connectivity index (χ0v) is 10.4. The van der Waals surface area contributed by atoms with Crippen molar-refractivity contribution in [3.8, 4) is 0 Å². The van der Waals surface area contributed by atoms with E-state index in [0.29, 0.717) is 6.54 Å². The smallest absolute Gasteiger partial charge is 0.269 e. The van der Waals surface area contributed by atoms with E-state index < -0.39 is 0 Å². The fourth-order valence-corrected chi connectivity index (χ4v) is 1.38. The third-order valence-electron chi connectivity index (χ3n) is 1.55. The number of allylic oxidation sites excluding steroid dienone is 1. The van der Waals surface area contributed by atoms with Crippen molar-refractivity contribution in [3.63, 3.8) is 0 Å². The molecule has 0 N–H and O–H groups in total. The van der Waals surface area contributed by atoms with Gasteiger partial charge in [0, 0.05) is 12.1 Å². The molecule has 0 bridgehead atoms. The van der Waals surface area contributed by atoms with E-state index in [1.807, 2.05) is 6.92 Å². The molecule has 1 aromatic heterocycles. The van der Waals surface area contributed by atoms with Gasteiger partial charge in [-0.05, 0) is 28.4 Å². The maximum atomic E-state index is 11.6. The van der Waals surface area contributed by atoms with Gasteiger partial charge in [0.2, 0.25) is 0 Å². The summed E-state index contributed by atoms with van der Waals surface area (Å²) in [4.78, 5) is 15.4. The average Bonchev–Trinajstić information content (AvgIpc) is 2.19. The number of hydrogen-bond donors (Lipinski definition) is 0. The molecule has 0 unspecified atom stereocenters. The highest BCUT2D eigenvalue weighted by Crippen LogP contribution is 2.13. The number of halogens is 3. The lowest BCUT2D eigenvalue weighted by Gasteiger charge is -2.05. The maximum absolute atomic E-state index is 11.6. The SMILES string of the molecule is C/C(=C\Cl)Cn1cnc(Cl)c(Br)c1=O. The van der Waals surface area contributed by atoms with Crippen molar-refractivity contribution in [1.82, 2.24) is 9.55 Å².